The second-order valence-corrected chi connectivity index (χ2v) is 6.63. The van der Waals surface area contributed by atoms with Crippen LogP contribution in [0.5, 0.6) is 0 Å². The summed E-state index contributed by atoms with van der Waals surface area (Å²) in [5, 5.41) is 19.7. The minimum Gasteiger partial charge on any atom is -0.258 e. The highest BCUT2D eigenvalue weighted by Crippen LogP contribution is 2.39. The van der Waals surface area contributed by atoms with Crippen molar-refractivity contribution in [1.82, 2.24) is 4.72 Å². The van der Waals surface area contributed by atoms with Gasteiger partial charge in [0.05, 0.1) is 15.9 Å². The van der Waals surface area contributed by atoms with Gasteiger partial charge in [-0.15, -0.1) is 0 Å². The molecule has 1 saturated carbocycles. The lowest BCUT2D eigenvalue weighted by Crippen LogP contribution is -2.46. The summed E-state index contributed by atoms with van der Waals surface area (Å²) >= 11 is 0. The lowest BCUT2D eigenvalue weighted by Gasteiger charge is -2.22. The molecule has 0 bridgehead atoms. The van der Waals surface area contributed by atoms with Gasteiger partial charge in [0.1, 0.15) is 5.54 Å². The van der Waals surface area contributed by atoms with E-state index in [1.54, 1.807) is 6.92 Å². The molecule has 0 unspecified atom stereocenters. The van der Waals surface area contributed by atoms with E-state index in [0.29, 0.717) is 0 Å². The zero-order chi connectivity index (χ0) is 15.0. The summed E-state index contributed by atoms with van der Waals surface area (Å²) in [7, 11) is -3.87. The topological polar surface area (TPSA) is 113 Å². The molecule has 20 heavy (non-hydrogen) atoms. The maximum absolute atomic E-state index is 12.2. The van der Waals surface area contributed by atoms with Crippen LogP contribution in [0.2, 0.25) is 0 Å². The number of sulfonamides is 1. The van der Waals surface area contributed by atoms with E-state index in [4.69, 9.17) is 5.26 Å². The van der Waals surface area contributed by atoms with Gasteiger partial charge in [-0.05, 0) is 37.8 Å². The quantitative estimate of drug-likeness (QED) is 0.654. The zero-order valence-electron chi connectivity index (χ0n) is 10.7. The van der Waals surface area contributed by atoms with E-state index < -0.39 is 20.5 Å². The number of benzene rings is 1. The first-order valence-corrected chi connectivity index (χ1v) is 7.46. The van der Waals surface area contributed by atoms with Crippen LogP contribution in [-0.4, -0.2) is 18.9 Å². The number of rotatable bonds is 5. The monoisotopic (exact) mass is 295 g/mol. The molecular formula is C12H13N3O4S. The van der Waals surface area contributed by atoms with Crippen molar-refractivity contribution >= 4 is 15.7 Å². The van der Waals surface area contributed by atoms with Gasteiger partial charge in [0, 0.05) is 12.1 Å². The molecule has 7 nitrogen and oxygen atoms in total. The molecule has 0 spiro atoms. The number of nitrogens with zero attached hydrogens (tertiary/aromatic N) is 2. The van der Waals surface area contributed by atoms with Gasteiger partial charge in [0.15, 0.2) is 0 Å². The number of nitro benzene ring substituents is 1. The second kappa shape index (κ2) is 4.85. The molecule has 106 valence electrons. The molecular weight excluding hydrogens is 282 g/mol. The van der Waals surface area contributed by atoms with Crippen LogP contribution >= 0.6 is 0 Å². The summed E-state index contributed by atoms with van der Waals surface area (Å²) < 4.78 is 26.8. The van der Waals surface area contributed by atoms with Crippen molar-refractivity contribution < 1.29 is 13.3 Å². The van der Waals surface area contributed by atoms with Gasteiger partial charge in [-0.25, -0.2) is 8.42 Å². The number of hydrogen-bond donors (Lipinski definition) is 1. The molecule has 0 saturated heterocycles. The van der Waals surface area contributed by atoms with Crippen molar-refractivity contribution in [3.8, 4) is 6.07 Å². The standard InChI is InChI=1S/C12H13N3O4S/c1-12(8-13,9-2-3-9)14-20(18,19)11-6-4-10(5-7-11)15(16)17/h4-7,9,14H,2-3H2,1H3/t12-/m1/s1. The molecule has 1 aromatic rings. The summed E-state index contributed by atoms with van der Waals surface area (Å²) in [6.45, 7) is 1.55. The first-order valence-electron chi connectivity index (χ1n) is 5.98. The third-order valence-corrected chi connectivity index (χ3v) is 4.92. The van der Waals surface area contributed by atoms with Crippen molar-refractivity contribution in [2.24, 2.45) is 5.92 Å². The van der Waals surface area contributed by atoms with Crippen LogP contribution in [-0.2, 0) is 10.0 Å². The average molecular weight is 295 g/mol. The summed E-state index contributed by atoms with van der Waals surface area (Å²) in [6, 6.07) is 6.55. The third-order valence-electron chi connectivity index (χ3n) is 3.33. The van der Waals surface area contributed by atoms with Gasteiger partial charge in [-0.1, -0.05) is 0 Å². The number of nitriles is 1. The van der Waals surface area contributed by atoms with Crippen LogP contribution in [0.25, 0.3) is 0 Å². The summed E-state index contributed by atoms with van der Waals surface area (Å²) in [6.07, 6.45) is 1.62. The maximum Gasteiger partial charge on any atom is 0.269 e. The van der Waals surface area contributed by atoms with E-state index in [1.807, 2.05) is 6.07 Å². The van der Waals surface area contributed by atoms with Crippen molar-refractivity contribution in [3.05, 3.63) is 34.4 Å². The fourth-order valence-corrected chi connectivity index (χ4v) is 3.33. The Labute approximate surface area is 116 Å². The fraction of sp³-hybridized carbons (Fsp3) is 0.417. The van der Waals surface area contributed by atoms with Crippen LogP contribution in [0.3, 0.4) is 0 Å². The van der Waals surface area contributed by atoms with Gasteiger partial charge < -0.3 is 0 Å². The van der Waals surface area contributed by atoms with Crippen LogP contribution in [0.1, 0.15) is 19.8 Å². The SMILES string of the molecule is C[C@](C#N)(NS(=O)(=O)c1ccc([N+](=O)[O-])cc1)C1CC1. The lowest BCUT2D eigenvalue weighted by molar-refractivity contribution is -0.384. The van der Waals surface area contributed by atoms with Gasteiger partial charge in [0.2, 0.25) is 10.0 Å². The molecule has 0 heterocycles. The van der Waals surface area contributed by atoms with E-state index in [0.717, 1.165) is 37.1 Å². The van der Waals surface area contributed by atoms with E-state index in [9.17, 15) is 18.5 Å². The van der Waals surface area contributed by atoms with Crippen LogP contribution in [0, 0.1) is 27.4 Å². The highest BCUT2D eigenvalue weighted by molar-refractivity contribution is 7.89. The van der Waals surface area contributed by atoms with E-state index in [1.165, 1.54) is 0 Å². The van der Waals surface area contributed by atoms with Gasteiger partial charge >= 0.3 is 0 Å². The van der Waals surface area contributed by atoms with E-state index >= 15 is 0 Å². The van der Waals surface area contributed by atoms with Crippen LogP contribution < -0.4 is 4.72 Å². The predicted octanol–water partition coefficient (Wildman–Crippen LogP) is 1.57. The minimum atomic E-state index is -3.87. The average Bonchev–Trinajstić information content (AvgIpc) is 3.23. The number of non-ortho nitro benzene ring substituents is 1. The first-order chi connectivity index (χ1) is 9.28. The molecule has 0 aliphatic heterocycles. The van der Waals surface area contributed by atoms with Gasteiger partial charge in [-0.3, -0.25) is 10.1 Å². The molecule has 0 radical (unpaired) electrons. The van der Waals surface area contributed by atoms with Crippen molar-refractivity contribution in [2.45, 2.75) is 30.2 Å². The lowest BCUT2D eigenvalue weighted by atomic mass is 10.0. The number of nitrogens with one attached hydrogen (secondary N) is 1. The Morgan fingerprint density at radius 3 is 2.35 bits per heavy atom. The van der Waals surface area contributed by atoms with Gasteiger partial charge in [-0.2, -0.15) is 9.98 Å². The normalized spacial score (nSPS) is 18.0. The molecule has 1 aromatic carbocycles. The third kappa shape index (κ3) is 2.79. The van der Waals surface area contributed by atoms with Crippen LogP contribution in [0.15, 0.2) is 29.2 Å². The van der Waals surface area contributed by atoms with E-state index in [-0.39, 0.29) is 16.5 Å². The Bertz CT molecular complexity index is 674. The Kier molecular flexibility index (Phi) is 3.50. The molecule has 0 amide bonds. The van der Waals surface area contributed by atoms with Crippen molar-refractivity contribution in [2.75, 3.05) is 0 Å². The predicted molar refractivity (Wildman–Crippen MR) is 70.2 cm³/mol. The summed E-state index contributed by atoms with van der Waals surface area (Å²) in [5.74, 6) is 0.0142. The molecule has 1 atom stereocenters. The summed E-state index contributed by atoms with van der Waals surface area (Å²) in [5.41, 5.74) is -1.32. The Hall–Kier alpha value is -1.98. The maximum atomic E-state index is 12.2. The summed E-state index contributed by atoms with van der Waals surface area (Å²) in [4.78, 5) is 9.84. The molecule has 0 aromatic heterocycles. The number of hydrogen-bond acceptors (Lipinski definition) is 5. The minimum absolute atomic E-state index is 0.0142. The Morgan fingerprint density at radius 1 is 1.40 bits per heavy atom. The molecule has 2 rings (SSSR count). The van der Waals surface area contributed by atoms with Crippen molar-refractivity contribution in [1.29, 1.82) is 5.26 Å². The molecule has 8 heteroatoms. The van der Waals surface area contributed by atoms with Gasteiger partial charge in [0.25, 0.3) is 5.69 Å². The molecule has 1 aliphatic rings. The smallest absolute Gasteiger partial charge is 0.258 e. The second-order valence-electron chi connectivity index (χ2n) is 4.94. The molecule has 1 aliphatic carbocycles. The van der Waals surface area contributed by atoms with E-state index in [2.05, 4.69) is 4.72 Å². The Morgan fingerprint density at radius 2 is 1.95 bits per heavy atom. The number of nitro groups is 1. The Balaban J connectivity index is 2.26. The van der Waals surface area contributed by atoms with Crippen LogP contribution in [0.4, 0.5) is 5.69 Å². The highest BCUT2D eigenvalue weighted by atomic mass is 32.2. The van der Waals surface area contributed by atoms with Crippen molar-refractivity contribution in [3.63, 3.8) is 0 Å². The first kappa shape index (κ1) is 14.4. The molecule has 1 N–H and O–H groups in total. The fourth-order valence-electron chi connectivity index (χ4n) is 1.94. The highest BCUT2D eigenvalue weighted by Gasteiger charge is 2.44. The zero-order valence-corrected chi connectivity index (χ0v) is 11.6. The largest absolute Gasteiger partial charge is 0.269 e. The molecule has 1 fully saturated rings.